The largest absolute Gasteiger partial charge is 0.326 e. The van der Waals surface area contributed by atoms with E-state index in [0.717, 1.165) is 12.1 Å². The Labute approximate surface area is 124 Å². The summed E-state index contributed by atoms with van der Waals surface area (Å²) in [5.41, 5.74) is 1.13. The van der Waals surface area contributed by atoms with Crippen LogP contribution in [0.5, 0.6) is 0 Å². The highest BCUT2D eigenvalue weighted by Gasteiger charge is 2.10. The average Bonchev–Trinajstić information content (AvgIpc) is 2.85. The molecule has 112 valence electrons. The smallest absolute Gasteiger partial charge is 0.228 e. The molecule has 0 fully saturated rings. The molecule has 1 atom stereocenters. The lowest BCUT2D eigenvalue weighted by Gasteiger charge is -2.06. The number of nitrogens with one attached hydrogen (secondary N) is 1. The van der Waals surface area contributed by atoms with Crippen LogP contribution in [0.3, 0.4) is 0 Å². The molecule has 21 heavy (non-hydrogen) atoms. The lowest BCUT2D eigenvalue weighted by atomic mass is 10.2. The summed E-state index contributed by atoms with van der Waals surface area (Å²) in [6.45, 7) is 2.70. The summed E-state index contributed by atoms with van der Waals surface area (Å²) in [6, 6.07) is 4.12. The van der Waals surface area contributed by atoms with Gasteiger partial charge in [0.25, 0.3) is 0 Å². The van der Waals surface area contributed by atoms with E-state index in [2.05, 4.69) is 10.4 Å². The summed E-state index contributed by atoms with van der Waals surface area (Å²) in [5, 5.41) is 6.69. The summed E-state index contributed by atoms with van der Waals surface area (Å²) in [4.78, 5) is 12.0. The third-order valence-electron chi connectivity index (χ3n) is 2.90. The van der Waals surface area contributed by atoms with Gasteiger partial charge in [0, 0.05) is 24.7 Å². The second-order valence-corrected chi connectivity index (χ2v) is 5.88. The van der Waals surface area contributed by atoms with Gasteiger partial charge in [-0.1, -0.05) is 0 Å². The molecule has 1 amide bonds. The number of halogens is 1. The van der Waals surface area contributed by atoms with Gasteiger partial charge in [0.15, 0.2) is 0 Å². The van der Waals surface area contributed by atoms with Gasteiger partial charge in [-0.15, -0.1) is 0 Å². The Bertz CT molecular complexity index is 685. The molecule has 0 aliphatic heterocycles. The minimum atomic E-state index is -1.39. The van der Waals surface area contributed by atoms with Crippen LogP contribution in [0.15, 0.2) is 35.5 Å². The Morgan fingerprint density at radius 1 is 1.48 bits per heavy atom. The quantitative estimate of drug-likeness (QED) is 0.918. The number of nitrogens with zero attached hydrogens (tertiary/aromatic N) is 2. The number of benzene rings is 1. The van der Waals surface area contributed by atoms with E-state index in [4.69, 9.17) is 0 Å². The molecule has 0 bridgehead atoms. The van der Waals surface area contributed by atoms with Crippen LogP contribution in [0.1, 0.15) is 12.5 Å². The number of hydrogen-bond donors (Lipinski definition) is 1. The lowest BCUT2D eigenvalue weighted by molar-refractivity contribution is -0.115. The van der Waals surface area contributed by atoms with Gasteiger partial charge in [0.2, 0.25) is 5.91 Å². The average molecular weight is 309 g/mol. The highest BCUT2D eigenvalue weighted by molar-refractivity contribution is 7.84. The van der Waals surface area contributed by atoms with Crippen molar-refractivity contribution < 1.29 is 13.4 Å². The maximum Gasteiger partial charge on any atom is 0.228 e. The number of anilines is 1. The molecule has 0 saturated carbocycles. The van der Waals surface area contributed by atoms with E-state index in [1.807, 2.05) is 6.92 Å². The molecule has 2 aromatic rings. The zero-order valence-electron chi connectivity index (χ0n) is 11.8. The van der Waals surface area contributed by atoms with Crippen molar-refractivity contribution in [3.63, 3.8) is 0 Å². The molecule has 7 heteroatoms. The molecule has 0 saturated heterocycles. The monoisotopic (exact) mass is 309 g/mol. The second-order valence-electron chi connectivity index (χ2n) is 4.53. The molecular weight excluding hydrogens is 293 g/mol. The Balaban J connectivity index is 2.02. The van der Waals surface area contributed by atoms with Crippen molar-refractivity contribution in [2.45, 2.75) is 24.8 Å². The van der Waals surface area contributed by atoms with Gasteiger partial charge in [-0.3, -0.25) is 13.7 Å². The van der Waals surface area contributed by atoms with Crippen molar-refractivity contribution in [2.75, 3.05) is 11.6 Å². The fourth-order valence-electron chi connectivity index (χ4n) is 1.87. The first-order valence-corrected chi connectivity index (χ1v) is 7.99. The van der Waals surface area contributed by atoms with E-state index < -0.39 is 16.6 Å². The van der Waals surface area contributed by atoms with Gasteiger partial charge in [0.05, 0.1) is 28.3 Å². The molecule has 0 spiro atoms. The topological polar surface area (TPSA) is 64.0 Å². The molecule has 0 aliphatic carbocycles. The number of hydrogen-bond acceptors (Lipinski definition) is 3. The van der Waals surface area contributed by atoms with E-state index >= 15 is 0 Å². The second kappa shape index (κ2) is 6.62. The van der Waals surface area contributed by atoms with Gasteiger partial charge in [-0.05, 0) is 30.7 Å². The van der Waals surface area contributed by atoms with Crippen molar-refractivity contribution in [3.05, 3.63) is 42.0 Å². The van der Waals surface area contributed by atoms with Crippen molar-refractivity contribution in [1.29, 1.82) is 0 Å². The highest BCUT2D eigenvalue weighted by atomic mass is 32.2. The molecule has 0 radical (unpaired) electrons. The Morgan fingerprint density at radius 3 is 2.81 bits per heavy atom. The van der Waals surface area contributed by atoms with Crippen molar-refractivity contribution in [2.24, 2.45) is 0 Å². The number of aryl methyl sites for hydroxylation is 1. The fraction of sp³-hybridized carbons (Fsp3) is 0.286. The predicted molar refractivity (Wildman–Crippen MR) is 79.0 cm³/mol. The first kappa shape index (κ1) is 15.4. The summed E-state index contributed by atoms with van der Waals surface area (Å²) < 4.78 is 26.6. The minimum absolute atomic E-state index is 0.122. The molecular formula is C14H16FN3O2S. The summed E-state index contributed by atoms with van der Waals surface area (Å²) in [6.07, 6.45) is 5.00. The number of aromatic nitrogens is 2. The number of carbonyl (C=O) groups is 1. The maximum atomic E-state index is 13.7. The Kier molecular flexibility index (Phi) is 4.85. The first-order valence-electron chi connectivity index (χ1n) is 6.43. The van der Waals surface area contributed by atoms with Crippen LogP contribution in [0.2, 0.25) is 0 Å². The van der Waals surface area contributed by atoms with E-state index in [1.165, 1.54) is 24.5 Å². The van der Waals surface area contributed by atoms with Crippen molar-refractivity contribution >= 4 is 22.4 Å². The molecule has 0 aliphatic rings. The van der Waals surface area contributed by atoms with E-state index in [1.54, 1.807) is 17.1 Å². The van der Waals surface area contributed by atoms with Gasteiger partial charge < -0.3 is 5.32 Å². The molecule has 5 nitrogen and oxygen atoms in total. The molecule has 0 unspecified atom stereocenters. The van der Waals surface area contributed by atoms with Crippen molar-refractivity contribution in [1.82, 2.24) is 9.78 Å². The standard InChI is InChI=1S/C14H16FN3O2S/c1-3-18-9-10(8-16-18)6-14(19)17-11-4-5-13(21(2)20)12(15)7-11/h4-5,7-9H,3,6H2,1-2H3,(H,17,19)/t21-/m1/s1. The lowest BCUT2D eigenvalue weighted by Crippen LogP contribution is -2.14. The zero-order valence-corrected chi connectivity index (χ0v) is 12.6. The Hall–Kier alpha value is -2.02. The summed E-state index contributed by atoms with van der Waals surface area (Å²) >= 11 is 0. The Morgan fingerprint density at radius 2 is 2.24 bits per heavy atom. The maximum absolute atomic E-state index is 13.7. The normalized spacial score (nSPS) is 12.1. The molecule has 1 heterocycles. The van der Waals surface area contributed by atoms with Gasteiger partial charge >= 0.3 is 0 Å². The highest BCUT2D eigenvalue weighted by Crippen LogP contribution is 2.17. The van der Waals surface area contributed by atoms with E-state index in [-0.39, 0.29) is 17.2 Å². The zero-order chi connectivity index (χ0) is 15.4. The third kappa shape index (κ3) is 3.98. The van der Waals surface area contributed by atoms with Crippen LogP contribution in [-0.2, 0) is 28.6 Å². The van der Waals surface area contributed by atoms with Crippen LogP contribution < -0.4 is 5.32 Å². The van der Waals surface area contributed by atoms with E-state index in [0.29, 0.717) is 5.69 Å². The number of amides is 1. The number of carbonyl (C=O) groups excluding carboxylic acids is 1. The molecule has 1 aromatic carbocycles. The van der Waals surface area contributed by atoms with Gasteiger partial charge in [-0.2, -0.15) is 5.10 Å². The van der Waals surface area contributed by atoms with Crippen LogP contribution >= 0.6 is 0 Å². The number of rotatable bonds is 5. The van der Waals surface area contributed by atoms with Crippen LogP contribution in [0.4, 0.5) is 10.1 Å². The van der Waals surface area contributed by atoms with Gasteiger partial charge in [0.1, 0.15) is 5.82 Å². The minimum Gasteiger partial charge on any atom is -0.326 e. The SMILES string of the molecule is CCn1cc(CC(=O)Nc2ccc([S@@](C)=O)c(F)c2)cn1. The van der Waals surface area contributed by atoms with Crippen LogP contribution in [0.25, 0.3) is 0 Å². The molecule has 1 aromatic heterocycles. The fourth-order valence-corrected chi connectivity index (χ4v) is 2.47. The van der Waals surface area contributed by atoms with Crippen LogP contribution in [0, 0.1) is 5.82 Å². The van der Waals surface area contributed by atoms with Crippen LogP contribution in [-0.4, -0.2) is 26.2 Å². The van der Waals surface area contributed by atoms with E-state index in [9.17, 15) is 13.4 Å². The van der Waals surface area contributed by atoms with Gasteiger partial charge in [-0.25, -0.2) is 4.39 Å². The molecule has 1 N–H and O–H groups in total. The molecule has 2 rings (SSSR count). The van der Waals surface area contributed by atoms with Crippen molar-refractivity contribution in [3.8, 4) is 0 Å². The summed E-state index contributed by atoms with van der Waals surface area (Å²) in [5.74, 6) is -0.845. The predicted octanol–water partition coefficient (Wildman–Crippen LogP) is 1.96. The summed E-state index contributed by atoms with van der Waals surface area (Å²) in [7, 11) is -1.39. The third-order valence-corrected chi connectivity index (χ3v) is 3.85. The first-order chi connectivity index (χ1) is 9.99.